The third-order valence-electron chi connectivity index (χ3n) is 2.03. The first-order valence-corrected chi connectivity index (χ1v) is 5.68. The monoisotopic (exact) mass is 298 g/mol. The van der Waals surface area contributed by atoms with Crippen LogP contribution < -0.4 is 5.32 Å². The minimum atomic E-state index is 0.905. The molecule has 0 aliphatic rings. The highest BCUT2D eigenvalue weighted by molar-refractivity contribution is 14.1. The number of rotatable bonds is 2. The molecule has 0 fully saturated rings. The maximum atomic E-state index is 4.55. The van der Waals surface area contributed by atoms with Gasteiger partial charge in [-0.15, -0.1) is 0 Å². The van der Waals surface area contributed by atoms with E-state index < -0.39 is 0 Å². The molecule has 2 rings (SSSR count). The van der Waals surface area contributed by atoms with E-state index >= 15 is 0 Å². The lowest BCUT2D eigenvalue weighted by Gasteiger charge is -2.04. The van der Waals surface area contributed by atoms with Crippen LogP contribution in [0.5, 0.6) is 0 Å². The van der Waals surface area contributed by atoms with Crippen LogP contribution in [-0.4, -0.2) is 11.5 Å². The number of pyridine rings is 1. The molecule has 0 aliphatic carbocycles. The van der Waals surface area contributed by atoms with Gasteiger partial charge >= 0.3 is 0 Å². The number of nitrogens with zero attached hydrogens (tertiary/aromatic N) is 1. The van der Waals surface area contributed by atoms with Gasteiger partial charge in [0.1, 0.15) is 5.82 Å². The second kappa shape index (κ2) is 4.13. The molecule has 0 unspecified atom stereocenters. The van der Waals surface area contributed by atoms with E-state index in [9.17, 15) is 0 Å². The number of nitrogens with one attached hydrogen (secondary N) is 1. The fourth-order valence-electron chi connectivity index (χ4n) is 1.39. The van der Waals surface area contributed by atoms with Crippen LogP contribution in [-0.2, 0) is 0 Å². The SMILES string of the molecule is CCNc1ccc2cccc(I)c2n1. The summed E-state index contributed by atoms with van der Waals surface area (Å²) >= 11 is 2.31. The van der Waals surface area contributed by atoms with Gasteiger partial charge in [0.2, 0.25) is 0 Å². The molecule has 0 saturated heterocycles. The van der Waals surface area contributed by atoms with Crippen molar-refractivity contribution in [2.75, 3.05) is 11.9 Å². The van der Waals surface area contributed by atoms with Crippen LogP contribution in [0.1, 0.15) is 6.92 Å². The van der Waals surface area contributed by atoms with Gasteiger partial charge in [-0.2, -0.15) is 0 Å². The average Bonchev–Trinajstić information content (AvgIpc) is 2.20. The van der Waals surface area contributed by atoms with E-state index in [0.29, 0.717) is 0 Å². The lowest BCUT2D eigenvalue weighted by atomic mass is 10.2. The summed E-state index contributed by atoms with van der Waals surface area (Å²) < 4.78 is 1.19. The Morgan fingerprint density at radius 3 is 2.93 bits per heavy atom. The normalized spacial score (nSPS) is 10.4. The Labute approximate surface area is 96.9 Å². The summed E-state index contributed by atoms with van der Waals surface area (Å²) in [6, 6.07) is 10.3. The molecule has 0 bridgehead atoms. The zero-order valence-corrected chi connectivity index (χ0v) is 10.1. The molecule has 72 valence electrons. The molecular formula is C11H11IN2. The van der Waals surface area contributed by atoms with Gasteiger partial charge in [-0.1, -0.05) is 12.1 Å². The lowest BCUT2D eigenvalue weighted by Crippen LogP contribution is -1.99. The quantitative estimate of drug-likeness (QED) is 0.861. The zero-order valence-electron chi connectivity index (χ0n) is 7.92. The Hall–Kier alpha value is -0.840. The van der Waals surface area contributed by atoms with Crippen molar-refractivity contribution < 1.29 is 0 Å². The average molecular weight is 298 g/mol. The molecule has 14 heavy (non-hydrogen) atoms. The number of fused-ring (bicyclic) bond motifs is 1. The fraction of sp³-hybridized carbons (Fsp3) is 0.182. The van der Waals surface area contributed by atoms with E-state index in [1.807, 2.05) is 6.07 Å². The van der Waals surface area contributed by atoms with E-state index in [2.05, 4.69) is 64.1 Å². The number of halogens is 1. The minimum absolute atomic E-state index is 0.905. The lowest BCUT2D eigenvalue weighted by molar-refractivity contribution is 1.17. The standard InChI is InChI=1S/C11H11IN2/c1-2-13-10-7-6-8-4-3-5-9(12)11(8)14-10/h3-7H,2H2,1H3,(H,13,14). The summed E-state index contributed by atoms with van der Waals surface area (Å²) in [5.41, 5.74) is 1.08. The van der Waals surface area contributed by atoms with Crippen molar-refractivity contribution in [1.82, 2.24) is 4.98 Å². The number of hydrogen-bond acceptors (Lipinski definition) is 2. The summed E-state index contributed by atoms with van der Waals surface area (Å²) in [5.74, 6) is 0.948. The summed E-state index contributed by atoms with van der Waals surface area (Å²) in [5, 5.41) is 4.41. The molecule has 0 saturated carbocycles. The van der Waals surface area contributed by atoms with Crippen LogP contribution in [0.25, 0.3) is 10.9 Å². The van der Waals surface area contributed by atoms with Gasteiger partial charge in [0.15, 0.2) is 0 Å². The predicted molar refractivity (Wildman–Crippen MR) is 68.6 cm³/mol. The highest BCUT2D eigenvalue weighted by Crippen LogP contribution is 2.20. The van der Waals surface area contributed by atoms with Crippen LogP contribution in [0.2, 0.25) is 0 Å². The maximum absolute atomic E-state index is 4.55. The molecule has 1 N–H and O–H groups in total. The van der Waals surface area contributed by atoms with E-state index in [4.69, 9.17) is 0 Å². The van der Waals surface area contributed by atoms with Gasteiger partial charge in [-0.25, -0.2) is 4.98 Å². The third kappa shape index (κ3) is 1.82. The molecule has 0 aliphatic heterocycles. The van der Waals surface area contributed by atoms with Crippen molar-refractivity contribution in [2.24, 2.45) is 0 Å². The van der Waals surface area contributed by atoms with E-state index in [0.717, 1.165) is 17.9 Å². The molecule has 0 spiro atoms. The fourth-order valence-corrected chi connectivity index (χ4v) is 2.03. The van der Waals surface area contributed by atoms with E-state index in [1.165, 1.54) is 8.96 Å². The summed E-state index contributed by atoms with van der Waals surface area (Å²) in [6.45, 7) is 2.98. The van der Waals surface area contributed by atoms with Crippen LogP contribution in [0.3, 0.4) is 0 Å². The second-order valence-corrected chi connectivity index (χ2v) is 4.20. The molecule has 2 aromatic rings. The molecule has 3 heteroatoms. The van der Waals surface area contributed by atoms with E-state index in [-0.39, 0.29) is 0 Å². The number of anilines is 1. The molecular weight excluding hydrogens is 287 g/mol. The highest BCUT2D eigenvalue weighted by Gasteiger charge is 2.00. The Morgan fingerprint density at radius 2 is 2.14 bits per heavy atom. The first-order valence-electron chi connectivity index (χ1n) is 4.60. The van der Waals surface area contributed by atoms with Crippen molar-refractivity contribution in [2.45, 2.75) is 6.92 Å². The molecule has 0 amide bonds. The van der Waals surface area contributed by atoms with Gasteiger partial charge in [-0.3, -0.25) is 0 Å². The topological polar surface area (TPSA) is 24.9 Å². The molecule has 1 aromatic heterocycles. The maximum Gasteiger partial charge on any atom is 0.126 e. The van der Waals surface area contributed by atoms with Crippen molar-refractivity contribution in [1.29, 1.82) is 0 Å². The van der Waals surface area contributed by atoms with Crippen LogP contribution in [0, 0.1) is 3.57 Å². The summed E-state index contributed by atoms with van der Waals surface area (Å²) in [7, 11) is 0. The highest BCUT2D eigenvalue weighted by atomic mass is 127. The second-order valence-electron chi connectivity index (χ2n) is 3.04. The van der Waals surface area contributed by atoms with E-state index in [1.54, 1.807) is 0 Å². The Bertz CT molecular complexity index is 454. The van der Waals surface area contributed by atoms with Crippen LogP contribution in [0.15, 0.2) is 30.3 Å². The Morgan fingerprint density at radius 1 is 1.29 bits per heavy atom. The molecule has 2 nitrogen and oxygen atoms in total. The minimum Gasteiger partial charge on any atom is -0.370 e. The first kappa shape index (κ1) is 9.71. The van der Waals surface area contributed by atoms with Gasteiger partial charge in [-0.05, 0) is 47.7 Å². The zero-order chi connectivity index (χ0) is 9.97. The molecule has 1 aromatic carbocycles. The van der Waals surface area contributed by atoms with Crippen molar-refractivity contribution in [3.05, 3.63) is 33.9 Å². The predicted octanol–water partition coefficient (Wildman–Crippen LogP) is 3.27. The molecule has 1 heterocycles. The molecule has 0 atom stereocenters. The van der Waals surface area contributed by atoms with Crippen molar-refractivity contribution in [3.8, 4) is 0 Å². The van der Waals surface area contributed by atoms with Crippen molar-refractivity contribution >= 4 is 39.3 Å². The van der Waals surface area contributed by atoms with Gasteiger partial charge in [0, 0.05) is 15.5 Å². The molecule has 0 radical (unpaired) electrons. The van der Waals surface area contributed by atoms with Crippen LogP contribution in [0.4, 0.5) is 5.82 Å². The number of aromatic nitrogens is 1. The van der Waals surface area contributed by atoms with Gasteiger partial charge in [0.25, 0.3) is 0 Å². The third-order valence-corrected chi connectivity index (χ3v) is 2.90. The number of hydrogen-bond donors (Lipinski definition) is 1. The Balaban J connectivity index is 2.58. The summed E-state index contributed by atoms with van der Waals surface area (Å²) in [6.07, 6.45) is 0. The van der Waals surface area contributed by atoms with Gasteiger partial charge in [0.05, 0.1) is 5.52 Å². The summed E-state index contributed by atoms with van der Waals surface area (Å²) in [4.78, 5) is 4.55. The van der Waals surface area contributed by atoms with Crippen molar-refractivity contribution in [3.63, 3.8) is 0 Å². The number of para-hydroxylation sites is 1. The largest absolute Gasteiger partial charge is 0.370 e. The number of benzene rings is 1. The smallest absolute Gasteiger partial charge is 0.126 e. The first-order chi connectivity index (χ1) is 6.81. The van der Waals surface area contributed by atoms with Crippen LogP contribution >= 0.6 is 22.6 Å². The van der Waals surface area contributed by atoms with Gasteiger partial charge < -0.3 is 5.32 Å². The Kier molecular flexibility index (Phi) is 2.86.